The molecule has 1 aliphatic carbocycles. The lowest BCUT2D eigenvalue weighted by molar-refractivity contribution is 0.157. The van der Waals surface area contributed by atoms with Crippen LogP contribution < -0.4 is 0 Å². The number of rotatable bonds is 7. The lowest BCUT2D eigenvalue weighted by Crippen LogP contribution is -2.25. The Morgan fingerprint density at radius 1 is 0.538 bits per heavy atom. The fourth-order valence-corrected chi connectivity index (χ4v) is 5.34. The van der Waals surface area contributed by atoms with E-state index in [-0.39, 0.29) is 7.43 Å². The zero-order valence-electron chi connectivity index (χ0n) is 29.6. The Bertz CT molecular complexity index is 645. The van der Waals surface area contributed by atoms with Gasteiger partial charge in [0.15, 0.2) is 0 Å². The van der Waals surface area contributed by atoms with Gasteiger partial charge < -0.3 is 0 Å². The number of aryl methyl sites for hydroxylation is 2. The van der Waals surface area contributed by atoms with Crippen LogP contribution in [-0.4, -0.2) is 0 Å². The molecule has 2 rings (SSSR count). The molecule has 0 bridgehead atoms. The van der Waals surface area contributed by atoms with Crippen LogP contribution in [0.25, 0.3) is 0 Å². The van der Waals surface area contributed by atoms with E-state index in [9.17, 15) is 0 Å². The average molecular weight is 547 g/mol. The van der Waals surface area contributed by atoms with Gasteiger partial charge in [0.2, 0.25) is 0 Å². The Balaban J connectivity index is -0.000000443. The Hall–Kier alpha value is -0.780. The molecule has 39 heavy (non-hydrogen) atoms. The molecular formula is C39H78. The highest BCUT2D eigenvalue weighted by Gasteiger charge is 2.26. The molecule has 0 heteroatoms. The van der Waals surface area contributed by atoms with E-state index in [0.29, 0.717) is 0 Å². The molecule has 1 fully saturated rings. The summed E-state index contributed by atoms with van der Waals surface area (Å²) >= 11 is 0. The normalized spacial score (nSPS) is 23.2. The first kappa shape index (κ1) is 42.7. The van der Waals surface area contributed by atoms with E-state index in [1.54, 1.807) is 0 Å². The zero-order chi connectivity index (χ0) is 30.2. The van der Waals surface area contributed by atoms with Gasteiger partial charge in [0.05, 0.1) is 0 Å². The van der Waals surface area contributed by atoms with Crippen LogP contribution in [0, 0.1) is 82.0 Å². The van der Waals surface area contributed by atoms with Gasteiger partial charge in [0.1, 0.15) is 0 Å². The van der Waals surface area contributed by atoms with E-state index in [1.165, 1.54) is 72.8 Å². The molecule has 0 aliphatic heterocycles. The lowest BCUT2D eigenvalue weighted by atomic mass is 9.71. The third-order valence-corrected chi connectivity index (χ3v) is 10.6. The first-order chi connectivity index (χ1) is 17.6. The van der Waals surface area contributed by atoms with Gasteiger partial charge in [0.25, 0.3) is 0 Å². The Morgan fingerprint density at radius 2 is 0.821 bits per heavy atom. The molecule has 1 aromatic rings. The Labute approximate surface area is 250 Å². The molecule has 0 nitrogen and oxygen atoms in total. The van der Waals surface area contributed by atoms with Gasteiger partial charge in [-0.1, -0.05) is 122 Å². The Morgan fingerprint density at radius 3 is 1.05 bits per heavy atom. The molecule has 8 atom stereocenters. The van der Waals surface area contributed by atoms with Crippen LogP contribution in [0.15, 0.2) is 6.07 Å². The maximum atomic E-state index is 2.40. The fraction of sp³-hybridized carbons (Fsp3) is 0.846. The summed E-state index contributed by atoms with van der Waals surface area (Å²) < 4.78 is 0. The molecule has 1 aromatic carbocycles. The predicted octanol–water partition coefficient (Wildman–Crippen LogP) is 13.7. The van der Waals surface area contributed by atoms with Crippen molar-refractivity contribution in [2.45, 2.75) is 170 Å². The van der Waals surface area contributed by atoms with Crippen molar-refractivity contribution in [1.82, 2.24) is 0 Å². The highest BCUT2D eigenvalue weighted by molar-refractivity contribution is 5.42. The van der Waals surface area contributed by atoms with Gasteiger partial charge in [-0.3, -0.25) is 0 Å². The first-order valence-electron chi connectivity index (χ1n) is 16.6. The molecule has 234 valence electrons. The minimum Gasteiger partial charge on any atom is -0.0776 e. The number of hydrogen-bond acceptors (Lipinski definition) is 0. The highest BCUT2D eigenvalue weighted by atomic mass is 14.3. The van der Waals surface area contributed by atoms with Gasteiger partial charge in [-0.25, -0.2) is 0 Å². The Kier molecular flexibility index (Phi) is 25.0. The van der Waals surface area contributed by atoms with Crippen molar-refractivity contribution in [2.24, 2.45) is 47.3 Å². The van der Waals surface area contributed by atoms with Gasteiger partial charge in [-0.2, -0.15) is 0 Å². The molecular weight excluding hydrogens is 468 g/mol. The first-order valence-corrected chi connectivity index (χ1v) is 16.6. The summed E-state index contributed by atoms with van der Waals surface area (Å²) in [4.78, 5) is 0. The van der Waals surface area contributed by atoms with Gasteiger partial charge >= 0.3 is 0 Å². The summed E-state index contributed by atoms with van der Waals surface area (Å²) in [6, 6.07) is 2.26. The molecule has 0 radical (unpaired) electrons. The molecule has 1 aliphatic rings. The van der Waals surface area contributed by atoms with Crippen molar-refractivity contribution in [3.8, 4) is 0 Å². The highest BCUT2D eigenvalue weighted by Crippen LogP contribution is 2.36. The monoisotopic (exact) mass is 547 g/mol. The lowest BCUT2D eigenvalue weighted by Gasteiger charge is -2.35. The summed E-state index contributed by atoms with van der Waals surface area (Å²) in [7, 11) is 0. The topological polar surface area (TPSA) is 0 Å². The second-order valence-electron chi connectivity index (χ2n) is 13.8. The molecule has 0 amide bonds. The van der Waals surface area contributed by atoms with E-state index in [0.717, 1.165) is 47.3 Å². The second-order valence-corrected chi connectivity index (χ2v) is 13.8. The van der Waals surface area contributed by atoms with Gasteiger partial charge in [-0.15, -0.1) is 0 Å². The molecule has 0 heterocycles. The maximum absolute atomic E-state index is 2.40. The van der Waals surface area contributed by atoms with Crippen molar-refractivity contribution >= 4 is 0 Å². The van der Waals surface area contributed by atoms with Crippen LogP contribution in [0.2, 0.25) is 0 Å². The minimum atomic E-state index is 0. The van der Waals surface area contributed by atoms with E-state index in [4.69, 9.17) is 0 Å². The second kappa shape index (κ2) is 22.9. The summed E-state index contributed by atoms with van der Waals surface area (Å²) in [5.74, 6) is 7.55. The summed E-state index contributed by atoms with van der Waals surface area (Å²) in [5, 5.41) is 0. The van der Waals surface area contributed by atoms with Crippen LogP contribution in [-0.2, 0) is 0 Å². The van der Waals surface area contributed by atoms with Crippen LogP contribution >= 0.6 is 0 Å². The van der Waals surface area contributed by atoms with Gasteiger partial charge in [-0.05, 0) is 129 Å². The third-order valence-electron chi connectivity index (χ3n) is 10.6. The standard InChI is InChI=1S/C11H16.C10H20.C9H20.C8H18.CH4/c1-7-6-8(2)10(4)11(5)9(7)3;1-7-5-9(3)10(4)6-8(7)2;1-5-8(3)7-9(4)6-2;1-5-7(3)8(4)6-2;/h6H,1-5H3;7-10H,5-6H2,1-4H3;8-9H,5-7H2,1-4H3;7-8H,5-6H2,1-4H3;1H4. The van der Waals surface area contributed by atoms with Crippen LogP contribution in [0.4, 0.5) is 0 Å². The smallest absolute Gasteiger partial charge is 0.0392 e. The maximum Gasteiger partial charge on any atom is -0.0392 e. The minimum absolute atomic E-state index is 0. The van der Waals surface area contributed by atoms with E-state index >= 15 is 0 Å². The summed E-state index contributed by atoms with van der Waals surface area (Å²) in [5.41, 5.74) is 7.14. The SMILES string of the molecule is C.CC1CC(C)C(C)CC1C.CCC(C)C(C)CC.CCC(C)CC(C)CC.Cc1cc(C)c(C)c(C)c1C. The van der Waals surface area contributed by atoms with Crippen LogP contribution in [0.1, 0.15) is 163 Å². The van der Waals surface area contributed by atoms with E-state index in [2.05, 4.69) is 124 Å². The third kappa shape index (κ3) is 17.6. The molecule has 8 unspecified atom stereocenters. The predicted molar refractivity (Wildman–Crippen MR) is 185 cm³/mol. The number of benzene rings is 1. The van der Waals surface area contributed by atoms with Crippen LogP contribution in [0.3, 0.4) is 0 Å². The quantitative estimate of drug-likeness (QED) is 0.319. The molecule has 0 saturated heterocycles. The molecule has 0 aromatic heterocycles. The molecule has 0 N–H and O–H groups in total. The van der Waals surface area contributed by atoms with Gasteiger partial charge in [0, 0.05) is 0 Å². The van der Waals surface area contributed by atoms with Crippen LogP contribution in [0.5, 0.6) is 0 Å². The van der Waals surface area contributed by atoms with Crippen molar-refractivity contribution in [1.29, 1.82) is 0 Å². The van der Waals surface area contributed by atoms with E-state index in [1.807, 2.05) is 0 Å². The van der Waals surface area contributed by atoms with Crippen molar-refractivity contribution in [3.05, 3.63) is 33.9 Å². The van der Waals surface area contributed by atoms with Crippen molar-refractivity contribution in [3.63, 3.8) is 0 Å². The molecule has 0 spiro atoms. The van der Waals surface area contributed by atoms with E-state index < -0.39 is 0 Å². The summed E-state index contributed by atoms with van der Waals surface area (Å²) in [6.45, 7) is 38.9. The zero-order valence-corrected chi connectivity index (χ0v) is 29.6. The fourth-order valence-electron chi connectivity index (χ4n) is 5.34. The van der Waals surface area contributed by atoms with Crippen molar-refractivity contribution < 1.29 is 0 Å². The summed E-state index contributed by atoms with van der Waals surface area (Å²) in [6.07, 6.45) is 9.64. The largest absolute Gasteiger partial charge is 0.0776 e. The number of hydrogen-bond donors (Lipinski definition) is 0. The average Bonchev–Trinajstić information content (AvgIpc) is 2.89. The van der Waals surface area contributed by atoms with Crippen molar-refractivity contribution in [2.75, 3.05) is 0 Å². The molecule has 1 saturated carbocycles.